The van der Waals surface area contributed by atoms with Crippen LogP contribution in [0.2, 0.25) is 0 Å². The summed E-state index contributed by atoms with van der Waals surface area (Å²) in [5.74, 6) is -0.414. The van der Waals surface area contributed by atoms with Gasteiger partial charge in [0.15, 0.2) is 18.1 Å². The second-order valence-electron chi connectivity index (χ2n) is 5.26. The fourth-order valence-corrected chi connectivity index (χ4v) is 2.59. The van der Waals surface area contributed by atoms with Gasteiger partial charge in [-0.1, -0.05) is 24.3 Å². The molecule has 128 valence electrons. The van der Waals surface area contributed by atoms with Crippen molar-refractivity contribution < 1.29 is 18.7 Å². The van der Waals surface area contributed by atoms with E-state index >= 15 is 0 Å². The maximum Gasteiger partial charge on any atom is 0.306 e. The molecule has 0 atom stereocenters. The highest BCUT2D eigenvalue weighted by Gasteiger charge is 2.12. The van der Waals surface area contributed by atoms with Gasteiger partial charge in [-0.15, -0.1) is 0 Å². The van der Waals surface area contributed by atoms with E-state index in [-0.39, 0.29) is 13.0 Å². The number of nitrogens with one attached hydrogen (secondary N) is 1. The van der Waals surface area contributed by atoms with Crippen molar-refractivity contribution in [2.24, 2.45) is 0 Å². The molecule has 0 bridgehead atoms. The number of benzene rings is 2. The summed E-state index contributed by atoms with van der Waals surface area (Å²) in [5, 5.41) is 2.66. The number of ether oxygens (including phenoxy) is 1. The molecule has 0 unspecified atom stereocenters. The van der Waals surface area contributed by atoms with Crippen molar-refractivity contribution in [3.63, 3.8) is 0 Å². The molecular weight excluding hydrogens is 388 g/mol. The van der Waals surface area contributed by atoms with E-state index in [2.05, 4.69) is 26.2 Å². The number of esters is 1. The molecule has 0 saturated heterocycles. The Hall–Kier alpha value is -2.67. The molecule has 0 aliphatic heterocycles. The third-order valence-electron chi connectivity index (χ3n) is 3.39. The lowest BCUT2D eigenvalue weighted by molar-refractivity contribution is -0.147. The molecule has 1 heterocycles. The molecule has 3 rings (SSSR count). The van der Waals surface area contributed by atoms with Crippen LogP contribution in [-0.4, -0.2) is 23.5 Å². The summed E-state index contributed by atoms with van der Waals surface area (Å²) in [7, 11) is 0. The average molecular weight is 403 g/mol. The largest absolute Gasteiger partial charge is 0.456 e. The molecule has 1 aromatic heterocycles. The number of hydrogen-bond donors (Lipinski definition) is 1. The van der Waals surface area contributed by atoms with Crippen molar-refractivity contribution in [3.8, 4) is 0 Å². The molecule has 0 aliphatic carbocycles. The number of nitrogens with zero attached hydrogens (tertiary/aromatic N) is 1. The number of halogens is 1. The summed E-state index contributed by atoms with van der Waals surface area (Å²) in [6, 6.07) is 14.6. The summed E-state index contributed by atoms with van der Waals surface area (Å²) >= 11 is 3.33. The summed E-state index contributed by atoms with van der Waals surface area (Å²) in [6.07, 6.45) is 0.411. The Labute approximate surface area is 152 Å². The molecule has 0 radical (unpaired) electrons. The van der Waals surface area contributed by atoms with Gasteiger partial charge in [-0.25, -0.2) is 4.98 Å². The van der Waals surface area contributed by atoms with Crippen LogP contribution in [0, 0.1) is 0 Å². The van der Waals surface area contributed by atoms with Gasteiger partial charge in [0.25, 0.3) is 5.91 Å². The van der Waals surface area contributed by atoms with Gasteiger partial charge in [-0.05, 0) is 40.2 Å². The van der Waals surface area contributed by atoms with Crippen LogP contribution in [0.5, 0.6) is 0 Å². The Morgan fingerprint density at radius 2 is 1.88 bits per heavy atom. The zero-order valence-corrected chi connectivity index (χ0v) is 14.8. The van der Waals surface area contributed by atoms with E-state index in [0.717, 1.165) is 9.99 Å². The van der Waals surface area contributed by atoms with Crippen LogP contribution in [0.15, 0.2) is 57.4 Å². The van der Waals surface area contributed by atoms with Gasteiger partial charge in [-0.2, -0.15) is 0 Å². The van der Waals surface area contributed by atoms with Crippen LogP contribution < -0.4 is 5.32 Å². The molecule has 1 N–H and O–H groups in total. The standard InChI is InChI=1S/C18H15BrN2O4/c19-12-5-1-2-6-13(12)20-16(22)11-24-18(23)10-9-17-21-14-7-3-4-8-15(14)25-17/h1-8H,9-11H2,(H,20,22). The smallest absolute Gasteiger partial charge is 0.306 e. The van der Waals surface area contributed by atoms with E-state index in [1.807, 2.05) is 36.4 Å². The van der Waals surface area contributed by atoms with Gasteiger partial charge in [-0.3, -0.25) is 9.59 Å². The number of carbonyl (C=O) groups excluding carboxylic acids is 2. The lowest BCUT2D eigenvalue weighted by atomic mass is 10.3. The van der Waals surface area contributed by atoms with Crippen LogP contribution in [0.25, 0.3) is 11.1 Å². The Morgan fingerprint density at radius 1 is 1.12 bits per heavy atom. The summed E-state index contributed by atoms with van der Waals surface area (Å²) < 4.78 is 11.3. The maximum absolute atomic E-state index is 11.8. The van der Waals surface area contributed by atoms with E-state index in [0.29, 0.717) is 23.6 Å². The third-order valence-corrected chi connectivity index (χ3v) is 4.08. The van der Waals surface area contributed by atoms with Crippen LogP contribution in [-0.2, 0) is 20.7 Å². The Balaban J connectivity index is 1.44. The Bertz CT molecular complexity index is 874. The number of aryl methyl sites for hydroxylation is 1. The van der Waals surface area contributed by atoms with Crippen molar-refractivity contribution in [2.75, 3.05) is 11.9 Å². The number of hydrogen-bond acceptors (Lipinski definition) is 5. The number of amides is 1. The number of para-hydroxylation sites is 3. The summed E-state index contributed by atoms with van der Waals surface area (Å²) in [6.45, 7) is -0.340. The van der Waals surface area contributed by atoms with Crippen molar-refractivity contribution in [1.82, 2.24) is 4.98 Å². The number of fused-ring (bicyclic) bond motifs is 1. The van der Waals surface area contributed by atoms with Crippen LogP contribution in [0.3, 0.4) is 0 Å². The fraction of sp³-hybridized carbons (Fsp3) is 0.167. The zero-order valence-electron chi connectivity index (χ0n) is 13.2. The minimum atomic E-state index is -0.482. The minimum Gasteiger partial charge on any atom is -0.456 e. The highest BCUT2D eigenvalue weighted by Crippen LogP contribution is 2.21. The Kier molecular flexibility index (Phi) is 5.45. The lowest BCUT2D eigenvalue weighted by Crippen LogP contribution is -2.21. The van der Waals surface area contributed by atoms with E-state index in [1.165, 1.54) is 0 Å². The first-order valence-corrected chi connectivity index (χ1v) is 8.45. The monoisotopic (exact) mass is 402 g/mol. The molecule has 0 fully saturated rings. The average Bonchev–Trinajstić information content (AvgIpc) is 3.03. The minimum absolute atomic E-state index is 0.0924. The first kappa shape index (κ1) is 17.2. The molecule has 3 aromatic rings. The van der Waals surface area contributed by atoms with Crippen LogP contribution in [0.4, 0.5) is 5.69 Å². The topological polar surface area (TPSA) is 81.4 Å². The van der Waals surface area contributed by atoms with Gasteiger partial charge >= 0.3 is 5.97 Å². The molecule has 0 saturated carbocycles. The highest BCUT2D eigenvalue weighted by molar-refractivity contribution is 9.10. The second-order valence-corrected chi connectivity index (χ2v) is 6.12. The highest BCUT2D eigenvalue weighted by atomic mass is 79.9. The van der Waals surface area contributed by atoms with Crippen molar-refractivity contribution in [2.45, 2.75) is 12.8 Å². The van der Waals surface area contributed by atoms with Crippen LogP contribution in [0.1, 0.15) is 12.3 Å². The first-order chi connectivity index (χ1) is 12.1. The van der Waals surface area contributed by atoms with Gasteiger partial charge in [0.1, 0.15) is 5.52 Å². The predicted molar refractivity (Wildman–Crippen MR) is 96.1 cm³/mol. The van der Waals surface area contributed by atoms with Gasteiger partial charge in [0, 0.05) is 10.9 Å². The van der Waals surface area contributed by atoms with E-state index in [4.69, 9.17) is 9.15 Å². The zero-order chi connectivity index (χ0) is 17.6. The number of anilines is 1. The molecule has 7 heteroatoms. The van der Waals surface area contributed by atoms with E-state index in [9.17, 15) is 9.59 Å². The summed E-state index contributed by atoms with van der Waals surface area (Å²) in [5.41, 5.74) is 2.05. The molecule has 6 nitrogen and oxygen atoms in total. The fourth-order valence-electron chi connectivity index (χ4n) is 2.20. The first-order valence-electron chi connectivity index (χ1n) is 7.66. The van der Waals surface area contributed by atoms with Crippen molar-refractivity contribution in [1.29, 1.82) is 0 Å². The number of oxazole rings is 1. The normalized spacial score (nSPS) is 10.6. The number of carbonyl (C=O) groups is 2. The molecule has 2 aromatic carbocycles. The predicted octanol–water partition coefficient (Wildman–Crippen LogP) is 3.70. The number of rotatable bonds is 6. The third kappa shape index (κ3) is 4.67. The number of aromatic nitrogens is 1. The van der Waals surface area contributed by atoms with Crippen LogP contribution >= 0.6 is 15.9 Å². The molecule has 0 spiro atoms. The summed E-state index contributed by atoms with van der Waals surface area (Å²) in [4.78, 5) is 27.9. The van der Waals surface area contributed by atoms with E-state index in [1.54, 1.807) is 12.1 Å². The SMILES string of the molecule is O=C(COC(=O)CCc1nc2ccccc2o1)Nc1ccccc1Br. The quantitative estimate of drug-likeness (QED) is 0.635. The van der Waals surface area contributed by atoms with Gasteiger partial charge < -0.3 is 14.5 Å². The molecular formula is C18H15BrN2O4. The van der Waals surface area contributed by atoms with Gasteiger partial charge in [0.05, 0.1) is 12.1 Å². The molecule has 1 amide bonds. The molecule has 0 aliphatic rings. The van der Waals surface area contributed by atoms with Crippen molar-refractivity contribution in [3.05, 3.63) is 58.9 Å². The van der Waals surface area contributed by atoms with E-state index < -0.39 is 11.9 Å². The second kappa shape index (κ2) is 7.94. The van der Waals surface area contributed by atoms with Crippen molar-refractivity contribution >= 4 is 44.6 Å². The lowest BCUT2D eigenvalue weighted by Gasteiger charge is -2.07. The van der Waals surface area contributed by atoms with Gasteiger partial charge in [0.2, 0.25) is 0 Å². The Morgan fingerprint density at radius 3 is 2.68 bits per heavy atom. The molecule has 25 heavy (non-hydrogen) atoms. The maximum atomic E-state index is 11.8.